The summed E-state index contributed by atoms with van der Waals surface area (Å²) in [7, 11) is -3.65. The van der Waals surface area contributed by atoms with Crippen LogP contribution < -0.4 is 5.73 Å². The molecule has 0 amide bonds. The van der Waals surface area contributed by atoms with Crippen molar-refractivity contribution >= 4 is 9.84 Å². The molecule has 2 aromatic carbocycles. The normalized spacial score (nSPS) is 13.1. The minimum atomic E-state index is -3.65. The summed E-state index contributed by atoms with van der Waals surface area (Å²) in [6, 6.07) is 10.6. The average molecular weight is 309 g/mol. The number of hydrogen-bond donors (Lipinski definition) is 2. The molecule has 0 bridgehead atoms. The minimum absolute atomic E-state index is 0.0451. The molecule has 0 aliphatic heterocycles. The summed E-state index contributed by atoms with van der Waals surface area (Å²) in [5, 5.41) is 8.90. The zero-order valence-corrected chi connectivity index (χ0v) is 12.1. The Labute approximate surface area is 123 Å². The maximum atomic E-state index is 12.9. The summed E-state index contributed by atoms with van der Waals surface area (Å²) in [4.78, 5) is 0.180. The lowest BCUT2D eigenvalue weighted by atomic mass is 10.1. The Kier molecular flexibility index (Phi) is 4.72. The van der Waals surface area contributed by atoms with Crippen LogP contribution in [0, 0.1) is 5.82 Å². The predicted molar refractivity (Wildman–Crippen MR) is 77.1 cm³/mol. The van der Waals surface area contributed by atoms with Gasteiger partial charge in [0, 0.05) is 6.04 Å². The van der Waals surface area contributed by atoms with Crippen molar-refractivity contribution in [2.24, 2.45) is 5.73 Å². The van der Waals surface area contributed by atoms with Crippen LogP contribution in [0.3, 0.4) is 0 Å². The van der Waals surface area contributed by atoms with E-state index in [0.717, 1.165) is 17.7 Å². The summed E-state index contributed by atoms with van der Waals surface area (Å²) in [6.45, 7) is -0.129. The van der Waals surface area contributed by atoms with E-state index in [2.05, 4.69) is 0 Å². The summed E-state index contributed by atoms with van der Waals surface area (Å²) >= 11 is 0. The first-order valence-electron chi connectivity index (χ1n) is 6.39. The maximum absolute atomic E-state index is 12.9. The predicted octanol–water partition coefficient (Wildman–Crippen LogP) is 1.52. The lowest BCUT2D eigenvalue weighted by molar-refractivity contribution is 0.265. The molecule has 1 atom stereocenters. The van der Waals surface area contributed by atoms with Crippen molar-refractivity contribution in [1.82, 2.24) is 0 Å². The smallest absolute Gasteiger partial charge is 0.206 e. The molecule has 4 nitrogen and oxygen atoms in total. The standard InChI is InChI=1S/C15H16FNO3S/c16-12-3-7-15(8-4-12)21(19,20)14-5-1-11(2-6-14)9-13(17)10-18/h1-8,13,18H,9-10,17H2. The highest BCUT2D eigenvalue weighted by molar-refractivity contribution is 7.91. The molecule has 0 saturated carbocycles. The van der Waals surface area contributed by atoms with Gasteiger partial charge in [0.25, 0.3) is 0 Å². The highest BCUT2D eigenvalue weighted by Crippen LogP contribution is 2.21. The van der Waals surface area contributed by atoms with E-state index in [-0.39, 0.29) is 22.4 Å². The lowest BCUT2D eigenvalue weighted by Gasteiger charge is -2.09. The van der Waals surface area contributed by atoms with Crippen molar-refractivity contribution in [2.75, 3.05) is 6.61 Å². The molecule has 0 radical (unpaired) electrons. The molecule has 0 aliphatic rings. The number of rotatable bonds is 5. The second kappa shape index (κ2) is 6.34. The number of sulfone groups is 1. The van der Waals surface area contributed by atoms with Crippen molar-refractivity contribution < 1.29 is 17.9 Å². The van der Waals surface area contributed by atoms with Crippen LogP contribution in [-0.2, 0) is 16.3 Å². The number of nitrogens with two attached hydrogens (primary N) is 1. The van der Waals surface area contributed by atoms with Crippen LogP contribution in [0.1, 0.15) is 5.56 Å². The topological polar surface area (TPSA) is 80.4 Å². The summed E-state index contributed by atoms with van der Waals surface area (Å²) in [5.41, 5.74) is 6.47. The van der Waals surface area contributed by atoms with Crippen LogP contribution >= 0.6 is 0 Å². The largest absolute Gasteiger partial charge is 0.395 e. The second-order valence-electron chi connectivity index (χ2n) is 4.75. The van der Waals surface area contributed by atoms with E-state index < -0.39 is 15.7 Å². The van der Waals surface area contributed by atoms with Gasteiger partial charge in [-0.25, -0.2) is 12.8 Å². The van der Waals surface area contributed by atoms with Crippen LogP contribution in [0.4, 0.5) is 4.39 Å². The van der Waals surface area contributed by atoms with E-state index in [1.807, 2.05) is 0 Å². The summed E-state index contributed by atoms with van der Waals surface area (Å²) in [5.74, 6) is -0.484. The van der Waals surface area contributed by atoms with Crippen molar-refractivity contribution in [1.29, 1.82) is 0 Å². The maximum Gasteiger partial charge on any atom is 0.206 e. The third kappa shape index (κ3) is 3.66. The molecule has 3 N–H and O–H groups in total. The lowest BCUT2D eigenvalue weighted by Crippen LogP contribution is -2.26. The molecule has 1 unspecified atom stereocenters. The zero-order valence-electron chi connectivity index (χ0n) is 11.2. The molecule has 0 fully saturated rings. The second-order valence-corrected chi connectivity index (χ2v) is 6.70. The van der Waals surface area contributed by atoms with Gasteiger partial charge in [0.05, 0.1) is 16.4 Å². The first kappa shape index (κ1) is 15.6. The number of aliphatic hydroxyl groups excluding tert-OH is 1. The van der Waals surface area contributed by atoms with Gasteiger partial charge < -0.3 is 10.8 Å². The quantitative estimate of drug-likeness (QED) is 0.821. The molecule has 0 aliphatic carbocycles. The van der Waals surface area contributed by atoms with E-state index in [4.69, 9.17) is 10.8 Å². The van der Waals surface area contributed by atoms with Gasteiger partial charge in [-0.3, -0.25) is 0 Å². The third-order valence-corrected chi connectivity index (χ3v) is 4.88. The van der Waals surface area contributed by atoms with Crippen LogP contribution in [0.15, 0.2) is 58.3 Å². The van der Waals surface area contributed by atoms with E-state index in [0.29, 0.717) is 6.42 Å². The van der Waals surface area contributed by atoms with Gasteiger partial charge in [-0.05, 0) is 48.4 Å². The van der Waals surface area contributed by atoms with Crippen molar-refractivity contribution in [2.45, 2.75) is 22.3 Å². The zero-order chi connectivity index (χ0) is 15.5. The van der Waals surface area contributed by atoms with Gasteiger partial charge in [-0.2, -0.15) is 0 Å². The molecule has 21 heavy (non-hydrogen) atoms. The van der Waals surface area contributed by atoms with Gasteiger partial charge in [0.1, 0.15) is 5.82 Å². The number of aliphatic hydroxyl groups is 1. The van der Waals surface area contributed by atoms with Gasteiger partial charge in [-0.15, -0.1) is 0 Å². The Morgan fingerprint density at radius 1 is 1.00 bits per heavy atom. The Morgan fingerprint density at radius 2 is 1.48 bits per heavy atom. The fourth-order valence-corrected chi connectivity index (χ4v) is 3.18. The molecule has 112 valence electrons. The molecule has 2 aromatic rings. The minimum Gasteiger partial charge on any atom is -0.395 e. The fraction of sp³-hybridized carbons (Fsp3) is 0.200. The molecule has 0 aromatic heterocycles. The Morgan fingerprint density at radius 3 is 1.95 bits per heavy atom. The van der Waals surface area contributed by atoms with Gasteiger partial charge in [0.15, 0.2) is 0 Å². The molecule has 0 heterocycles. The third-order valence-electron chi connectivity index (χ3n) is 3.09. The molecular weight excluding hydrogens is 293 g/mol. The van der Waals surface area contributed by atoms with E-state index in [9.17, 15) is 12.8 Å². The van der Waals surface area contributed by atoms with Gasteiger partial charge in [-0.1, -0.05) is 12.1 Å². The molecule has 0 saturated heterocycles. The molecule has 0 spiro atoms. The highest BCUT2D eigenvalue weighted by Gasteiger charge is 2.17. The first-order chi connectivity index (χ1) is 9.93. The van der Waals surface area contributed by atoms with E-state index >= 15 is 0 Å². The van der Waals surface area contributed by atoms with Gasteiger partial charge >= 0.3 is 0 Å². The first-order valence-corrected chi connectivity index (χ1v) is 7.88. The van der Waals surface area contributed by atoms with Crippen molar-refractivity contribution in [3.8, 4) is 0 Å². The summed E-state index contributed by atoms with van der Waals surface area (Å²) in [6.07, 6.45) is 0.466. The Balaban J connectivity index is 2.27. The SMILES string of the molecule is NC(CO)Cc1ccc(S(=O)(=O)c2ccc(F)cc2)cc1. The average Bonchev–Trinajstić information content (AvgIpc) is 2.48. The monoisotopic (exact) mass is 309 g/mol. The number of hydrogen-bond acceptors (Lipinski definition) is 4. The van der Waals surface area contributed by atoms with Crippen molar-refractivity contribution in [3.63, 3.8) is 0 Å². The highest BCUT2D eigenvalue weighted by atomic mass is 32.2. The van der Waals surface area contributed by atoms with E-state index in [1.165, 1.54) is 24.3 Å². The Hall–Kier alpha value is -1.76. The fourth-order valence-electron chi connectivity index (χ4n) is 1.92. The molecular formula is C15H16FNO3S. The van der Waals surface area contributed by atoms with Crippen LogP contribution in [0.25, 0.3) is 0 Å². The van der Waals surface area contributed by atoms with E-state index in [1.54, 1.807) is 12.1 Å². The Bertz CT molecular complexity index is 697. The number of benzene rings is 2. The molecule has 6 heteroatoms. The van der Waals surface area contributed by atoms with Crippen LogP contribution in [0.2, 0.25) is 0 Å². The summed E-state index contributed by atoms with van der Waals surface area (Å²) < 4.78 is 37.6. The van der Waals surface area contributed by atoms with Gasteiger partial charge in [0.2, 0.25) is 9.84 Å². The number of halogens is 1. The molecule has 2 rings (SSSR count). The van der Waals surface area contributed by atoms with Crippen LogP contribution in [-0.4, -0.2) is 26.2 Å². The van der Waals surface area contributed by atoms with Crippen LogP contribution in [0.5, 0.6) is 0 Å². The van der Waals surface area contributed by atoms with Crippen molar-refractivity contribution in [3.05, 3.63) is 59.9 Å².